The lowest BCUT2D eigenvalue weighted by molar-refractivity contribution is -0.227. The average Bonchev–Trinajstić information content (AvgIpc) is 1.65. The molecule has 0 aliphatic heterocycles. The first-order valence-electron chi connectivity index (χ1n) is 47.0. The van der Waals surface area contributed by atoms with Crippen molar-refractivity contribution in [3.63, 3.8) is 0 Å². The van der Waals surface area contributed by atoms with Crippen LogP contribution in [0.4, 0.5) is 43.4 Å². The second-order valence-corrected chi connectivity index (χ2v) is 40.3. The first-order valence-corrected chi connectivity index (χ1v) is 54.2. The number of carbonyl (C=O) groups is 4. The Morgan fingerprint density at radius 2 is 0.767 bits per heavy atom. The number of nitrogens with two attached hydrogens (primary N) is 2. The Morgan fingerprint density at radius 1 is 0.460 bits per heavy atom. The van der Waals surface area contributed by atoms with Crippen molar-refractivity contribution in [3.05, 3.63) is 161 Å². The molecule has 0 saturated heterocycles. The van der Waals surface area contributed by atoms with Gasteiger partial charge < -0.3 is 108 Å². The normalized spacial score (nSPS) is 18.3. The van der Waals surface area contributed by atoms with Crippen LogP contribution in [0.2, 0.25) is 0 Å². The summed E-state index contributed by atoms with van der Waals surface area (Å²) in [5.41, 5.74) is 11.4. The van der Waals surface area contributed by atoms with Gasteiger partial charge in [-0.05, 0) is 181 Å². The standard InChI is InChI=1S/3C25H28F2N7O6PS.C8H18O5.C6H14N2O2.H3N/c3*1-3-39-17-6-4-16(5-7-17)34-12-19(23(32-34)22-18(26)8-9-21(27)31-22)29-24(35)20-13-42-25(30-20)15-10-28-33(11-15)14(2)40-41(36,37)38;1-2-3-5(10)7(12)8(13)6(11)4-9;7-4-2-1-3-5(8)6(9)10;/h3*8-14,16-17H,3-7H2,1-2H3,(H,29,35)(H2,36,37,38);5-13H,2-4H2,1H3;5H,1-4,7-8H2,(H,9,10);1H3/t;;;5-,6+,7+,8+;;/m...0../s1. The number of aliphatic carboxylic acids is 1. The number of hydrogen-bond donors (Lipinski definition) is 17. The largest absolute Gasteiger partial charge is 0.756 e. The van der Waals surface area contributed by atoms with Gasteiger partial charge in [-0.2, -0.15) is 43.8 Å². The van der Waals surface area contributed by atoms with Crippen molar-refractivity contribution in [3.8, 4) is 65.9 Å². The van der Waals surface area contributed by atoms with Crippen LogP contribution in [0.5, 0.6) is 0 Å². The van der Waals surface area contributed by atoms with Gasteiger partial charge in [0.1, 0.15) is 90.6 Å². The van der Waals surface area contributed by atoms with Gasteiger partial charge in [-0.1, -0.05) is 19.8 Å². The maximum Gasteiger partial charge on any atom is 0.471 e. The fourth-order valence-corrected chi connectivity index (χ4v) is 19.7. The van der Waals surface area contributed by atoms with Gasteiger partial charge in [-0.3, -0.25) is 51.4 Å². The van der Waals surface area contributed by atoms with Gasteiger partial charge in [-0.15, -0.1) is 34.0 Å². The molecule has 3 amide bonds. The summed E-state index contributed by atoms with van der Waals surface area (Å²) in [5.74, 6) is -7.81. The van der Waals surface area contributed by atoms with Crippen LogP contribution in [0.25, 0.3) is 65.9 Å². The van der Waals surface area contributed by atoms with Gasteiger partial charge in [0, 0.05) is 89.8 Å². The van der Waals surface area contributed by atoms with Crippen molar-refractivity contribution >= 4 is 98.2 Å². The summed E-state index contributed by atoms with van der Waals surface area (Å²) in [6, 6.07) is 4.77. The number of quaternary nitrogens is 1. The van der Waals surface area contributed by atoms with Crippen LogP contribution in [0.1, 0.15) is 226 Å². The van der Waals surface area contributed by atoms with Crippen molar-refractivity contribution in [1.29, 1.82) is 0 Å². The van der Waals surface area contributed by atoms with Crippen molar-refractivity contribution in [2.75, 3.05) is 48.9 Å². The minimum atomic E-state index is -4.98. The number of phosphoric acid groups is 3. The van der Waals surface area contributed by atoms with Crippen LogP contribution >= 0.6 is 57.5 Å². The number of aromatic nitrogens is 18. The Balaban J connectivity index is 0.000000207. The van der Waals surface area contributed by atoms with Gasteiger partial charge in [0.15, 0.2) is 36.1 Å². The maximum absolute atomic E-state index is 14.7. The molecule has 0 aromatic carbocycles. The zero-order chi connectivity index (χ0) is 108. The minimum Gasteiger partial charge on any atom is -0.756 e. The third kappa shape index (κ3) is 34.7. The lowest BCUT2D eigenvalue weighted by atomic mass is 9.93. The second kappa shape index (κ2) is 56.0. The smallest absolute Gasteiger partial charge is 0.471 e. The molecule has 15 rings (SSSR count). The summed E-state index contributed by atoms with van der Waals surface area (Å²) in [6.45, 7) is 13.7. The summed E-state index contributed by atoms with van der Waals surface area (Å²) in [7, 11) is -14.4. The van der Waals surface area contributed by atoms with Crippen molar-refractivity contribution in [2.45, 2.75) is 243 Å². The third-order valence-corrected chi connectivity index (χ3v) is 27.7. The molecule has 12 heterocycles. The van der Waals surface area contributed by atoms with Crippen LogP contribution in [-0.4, -0.2) is 249 Å². The van der Waals surface area contributed by atoms with Gasteiger partial charge in [0.2, 0.25) is 17.8 Å². The van der Waals surface area contributed by atoms with Crippen LogP contribution in [0, 0.1) is 35.3 Å². The van der Waals surface area contributed by atoms with E-state index in [1.165, 1.54) is 88.1 Å². The highest BCUT2D eigenvalue weighted by Gasteiger charge is 2.35. The molecule has 12 aromatic rings. The number of unbranched alkanes of at least 4 members (excludes halogenated alkanes) is 1. The van der Waals surface area contributed by atoms with E-state index >= 15 is 0 Å². The fourth-order valence-electron chi connectivity index (χ4n) is 15.9. The predicted octanol–water partition coefficient (Wildman–Crippen LogP) is 12.3. The number of anilines is 3. The van der Waals surface area contributed by atoms with Crippen LogP contribution < -0.4 is 38.5 Å². The maximum atomic E-state index is 14.7. The lowest BCUT2D eigenvalue weighted by Gasteiger charge is -2.28. The molecule has 9 atom stereocenters. The van der Waals surface area contributed by atoms with Crippen LogP contribution in [0.15, 0.2) is 108 Å². The zero-order valence-corrected chi connectivity index (χ0v) is 87.3. The zero-order valence-electron chi connectivity index (χ0n) is 82.2. The molecule has 12 aromatic heterocycles. The molecular formula is C89H119F6N24O25P3S3. The SMILES string of the molecule is CCC[C@H](O)[C@@H](O)[C@H](O)[C@H](O)CO.CCOC1CCC(n2cc(NC(=O)c3csc(-c4cnn(C(C)OP(=O)(O)O)c4)n3)c(-c3nc(F)ccc3F)n2)CC1.CCOC1CCC(n2cc(NC(=O)c3csc(-c4cnn(C(C)OP(=O)(O)O)c4)n3)c(-c3nc(F)ccc3F)n2)CC1.CCOC1CCC(n2cc(NC(=O)c3csc(-c4cnn(C(C)OP(=O)([O-])O)c4)n3)c(-c3nc(F)ccc3F)n2)CC1.NCCCCC(N)C(=O)O.[NH4+]. The molecule has 3 fully saturated rings. The number of rotatable bonds is 41. The molecule has 0 radical (unpaired) electrons. The molecule has 3 saturated carbocycles. The molecule has 0 bridgehead atoms. The Bertz CT molecular complexity index is 5990. The van der Waals surface area contributed by atoms with E-state index in [-0.39, 0.29) is 111 Å². The summed E-state index contributed by atoms with van der Waals surface area (Å²) >= 11 is 3.42. The van der Waals surface area contributed by atoms with E-state index in [0.29, 0.717) is 77.3 Å². The molecule has 49 nitrogen and oxygen atoms in total. The number of carbonyl (C=O) groups excluding carboxylic acids is 3. The Labute approximate surface area is 865 Å². The lowest BCUT2D eigenvalue weighted by Crippen LogP contribution is -2.45. The second-order valence-electron chi connectivity index (χ2n) is 34.1. The Morgan fingerprint density at radius 3 is 1.04 bits per heavy atom. The van der Waals surface area contributed by atoms with E-state index in [9.17, 15) is 74.3 Å². The molecule has 5 unspecified atom stereocenters. The quantitative estimate of drug-likeness (QED) is 0.00732. The number of aliphatic hydroxyl groups is 5. The van der Waals surface area contributed by atoms with Gasteiger partial charge in [0.25, 0.3) is 25.5 Å². The number of amides is 3. The number of carboxylic acid groups (broad SMARTS) is 1. The van der Waals surface area contributed by atoms with Gasteiger partial charge in [0.05, 0.1) is 84.8 Å². The highest BCUT2D eigenvalue weighted by atomic mass is 32.1. The summed E-state index contributed by atoms with van der Waals surface area (Å²) in [4.78, 5) is 130. The Hall–Kier alpha value is -11.1. The number of aliphatic hydroxyl groups excluding tert-OH is 5. The third-order valence-electron chi connectivity index (χ3n) is 23.2. The number of phosphoric ester groups is 3. The highest BCUT2D eigenvalue weighted by molar-refractivity contribution is 7.46. The number of carboxylic acids is 1. The van der Waals surface area contributed by atoms with Crippen molar-refractivity contribution < 1.29 is 147 Å². The average molecular weight is 2230 g/mol. The molecule has 3 aliphatic carbocycles. The minimum absolute atomic E-state index is 0. The fraction of sp³-hybridized carbons (Fsp3) is 0.483. The van der Waals surface area contributed by atoms with E-state index in [0.717, 1.165) is 160 Å². The highest BCUT2D eigenvalue weighted by Crippen LogP contribution is 2.45. The molecule has 0 spiro atoms. The number of ether oxygens (including phenoxy) is 3. The molecule has 22 N–H and O–H groups in total. The number of halogens is 6. The van der Waals surface area contributed by atoms with E-state index in [4.69, 9.17) is 70.6 Å². The van der Waals surface area contributed by atoms with Gasteiger partial charge >= 0.3 is 21.6 Å². The number of hydrogen-bond acceptors (Lipinski definition) is 36. The molecular weight excluding hydrogens is 2110 g/mol. The first-order chi connectivity index (χ1) is 70.7. The number of nitrogens with one attached hydrogen (secondary N) is 3. The summed E-state index contributed by atoms with van der Waals surface area (Å²) in [5, 5.41) is 92.9. The monoisotopic (exact) mass is 2230 g/mol. The van der Waals surface area contributed by atoms with Crippen molar-refractivity contribution in [1.82, 2.24) is 94.7 Å². The Kier molecular flexibility index (Phi) is 45.1. The molecule has 820 valence electrons. The predicted molar refractivity (Wildman–Crippen MR) is 531 cm³/mol. The summed E-state index contributed by atoms with van der Waals surface area (Å²) in [6.07, 6.45) is 17.9. The molecule has 150 heavy (non-hydrogen) atoms. The van der Waals surface area contributed by atoms with E-state index < -0.39 is 138 Å². The topological polar surface area (TPSA) is 729 Å². The number of pyridine rings is 3. The van der Waals surface area contributed by atoms with E-state index in [1.807, 2.05) is 27.7 Å². The first kappa shape index (κ1) is 121. The van der Waals surface area contributed by atoms with Crippen LogP contribution in [-0.2, 0) is 46.3 Å². The number of thiazole rings is 3. The van der Waals surface area contributed by atoms with Crippen LogP contribution in [0.3, 0.4) is 0 Å². The van der Waals surface area contributed by atoms with Gasteiger partial charge in [-0.25, -0.2) is 66.3 Å². The van der Waals surface area contributed by atoms with E-state index in [1.54, 1.807) is 32.6 Å². The molecule has 3 aliphatic rings. The number of nitrogens with zero attached hydrogens (tertiary/aromatic N) is 18. The van der Waals surface area contributed by atoms with E-state index in [2.05, 4.69) is 90.0 Å². The summed E-state index contributed by atoms with van der Waals surface area (Å²) < 4.78 is 159. The molecule has 61 heteroatoms. The van der Waals surface area contributed by atoms with Crippen molar-refractivity contribution in [2.24, 2.45) is 11.5 Å².